The summed E-state index contributed by atoms with van der Waals surface area (Å²) in [7, 11) is 0. The molecule has 1 aliphatic rings. The van der Waals surface area contributed by atoms with E-state index in [1.807, 2.05) is 20.8 Å². The van der Waals surface area contributed by atoms with E-state index in [0.717, 1.165) is 66.5 Å². The first kappa shape index (κ1) is 19.6. The normalized spacial score (nSPS) is 20.7. The van der Waals surface area contributed by atoms with E-state index < -0.39 is 5.97 Å². The maximum Gasteiger partial charge on any atom is 0.303 e. The molecule has 0 aromatic heterocycles. The standard InChI is InChI=1S/C21H32O4/c1-13(8-9-18(22)23)7-6-11-21(5)12-10-17-16(4)19(24)14(2)15(3)20(17)25-21/h13,24H,6-12H2,1-5H3,(H,22,23)/t13?,21-/m1/s1. The largest absolute Gasteiger partial charge is 0.507 e. The summed E-state index contributed by atoms with van der Waals surface area (Å²) in [5, 5.41) is 19.0. The summed E-state index contributed by atoms with van der Waals surface area (Å²) in [6.07, 6.45) is 5.93. The van der Waals surface area contributed by atoms with Gasteiger partial charge in [-0.1, -0.05) is 13.3 Å². The maximum atomic E-state index is 10.7. The number of aromatic hydroxyl groups is 1. The van der Waals surface area contributed by atoms with E-state index in [2.05, 4.69) is 13.8 Å². The number of aliphatic carboxylic acids is 1. The Morgan fingerprint density at radius 1 is 1.20 bits per heavy atom. The van der Waals surface area contributed by atoms with Gasteiger partial charge in [-0.15, -0.1) is 0 Å². The third kappa shape index (κ3) is 4.47. The zero-order valence-corrected chi connectivity index (χ0v) is 16.2. The third-order valence-corrected chi connectivity index (χ3v) is 5.85. The van der Waals surface area contributed by atoms with Gasteiger partial charge >= 0.3 is 5.97 Å². The molecule has 0 radical (unpaired) electrons. The monoisotopic (exact) mass is 348 g/mol. The second kappa shape index (κ2) is 7.67. The highest BCUT2D eigenvalue weighted by Gasteiger charge is 2.34. The summed E-state index contributed by atoms with van der Waals surface area (Å²) in [6, 6.07) is 0. The van der Waals surface area contributed by atoms with Crippen LogP contribution >= 0.6 is 0 Å². The van der Waals surface area contributed by atoms with Crippen LogP contribution in [0.25, 0.3) is 0 Å². The predicted molar refractivity (Wildman–Crippen MR) is 99.6 cm³/mol. The van der Waals surface area contributed by atoms with Crippen LogP contribution in [0.4, 0.5) is 0 Å². The molecule has 0 saturated carbocycles. The van der Waals surface area contributed by atoms with Gasteiger partial charge < -0.3 is 14.9 Å². The number of hydrogen-bond donors (Lipinski definition) is 2. The molecule has 4 heteroatoms. The van der Waals surface area contributed by atoms with Gasteiger partial charge in [0.15, 0.2) is 0 Å². The molecule has 2 atom stereocenters. The van der Waals surface area contributed by atoms with Crippen molar-refractivity contribution in [3.63, 3.8) is 0 Å². The fraction of sp³-hybridized carbons (Fsp3) is 0.667. The van der Waals surface area contributed by atoms with Crippen LogP contribution in [0.15, 0.2) is 0 Å². The molecule has 0 bridgehead atoms. The van der Waals surface area contributed by atoms with Crippen molar-refractivity contribution in [1.29, 1.82) is 0 Å². The molecule has 140 valence electrons. The van der Waals surface area contributed by atoms with Crippen LogP contribution in [0, 0.1) is 26.7 Å². The van der Waals surface area contributed by atoms with E-state index in [4.69, 9.17) is 9.84 Å². The zero-order valence-electron chi connectivity index (χ0n) is 16.2. The lowest BCUT2D eigenvalue weighted by Crippen LogP contribution is -2.37. The van der Waals surface area contributed by atoms with Gasteiger partial charge in [0.2, 0.25) is 0 Å². The summed E-state index contributed by atoms with van der Waals surface area (Å²) in [5.74, 6) is 1.07. The number of fused-ring (bicyclic) bond motifs is 1. The van der Waals surface area contributed by atoms with Gasteiger partial charge in [0.05, 0.1) is 0 Å². The minimum absolute atomic E-state index is 0.180. The Bertz CT molecular complexity index is 650. The van der Waals surface area contributed by atoms with Gasteiger partial charge in [-0.2, -0.15) is 0 Å². The number of carboxylic acid groups (broad SMARTS) is 1. The van der Waals surface area contributed by atoms with Crippen LogP contribution in [-0.2, 0) is 11.2 Å². The number of carbonyl (C=O) groups is 1. The molecule has 1 heterocycles. The molecule has 0 fully saturated rings. The lowest BCUT2D eigenvalue weighted by molar-refractivity contribution is -0.137. The van der Waals surface area contributed by atoms with E-state index in [1.165, 1.54) is 0 Å². The van der Waals surface area contributed by atoms with Crippen LogP contribution in [0.5, 0.6) is 11.5 Å². The summed E-state index contributed by atoms with van der Waals surface area (Å²) in [4.78, 5) is 10.7. The summed E-state index contributed by atoms with van der Waals surface area (Å²) < 4.78 is 6.44. The molecule has 1 aromatic carbocycles. The zero-order chi connectivity index (χ0) is 18.8. The topological polar surface area (TPSA) is 66.8 Å². The molecule has 0 saturated heterocycles. The van der Waals surface area contributed by atoms with Crippen LogP contribution in [0.2, 0.25) is 0 Å². The van der Waals surface area contributed by atoms with E-state index in [-0.39, 0.29) is 12.0 Å². The van der Waals surface area contributed by atoms with Crippen molar-refractivity contribution in [2.24, 2.45) is 5.92 Å². The maximum absolute atomic E-state index is 10.7. The second-order valence-electron chi connectivity index (χ2n) is 8.01. The number of phenolic OH excluding ortho intramolecular Hbond substituents is 1. The van der Waals surface area contributed by atoms with Gasteiger partial charge in [-0.05, 0) is 82.4 Å². The van der Waals surface area contributed by atoms with Crippen molar-refractivity contribution in [2.45, 2.75) is 85.2 Å². The van der Waals surface area contributed by atoms with Crippen molar-refractivity contribution < 1.29 is 19.7 Å². The number of phenols is 1. The predicted octanol–water partition coefficient (Wildman–Crippen LogP) is 5.07. The van der Waals surface area contributed by atoms with Crippen molar-refractivity contribution in [3.8, 4) is 11.5 Å². The van der Waals surface area contributed by atoms with Crippen molar-refractivity contribution in [1.82, 2.24) is 0 Å². The molecule has 0 amide bonds. The van der Waals surface area contributed by atoms with Crippen molar-refractivity contribution in [2.75, 3.05) is 0 Å². The summed E-state index contributed by atoms with van der Waals surface area (Å²) in [5.41, 5.74) is 3.86. The lowest BCUT2D eigenvalue weighted by atomic mass is 9.84. The Labute approximate surface area is 151 Å². The Hall–Kier alpha value is -1.71. The highest BCUT2D eigenvalue weighted by atomic mass is 16.5. The van der Waals surface area contributed by atoms with Crippen LogP contribution in [-0.4, -0.2) is 21.8 Å². The molecule has 2 rings (SSSR count). The quantitative estimate of drug-likeness (QED) is 0.722. The van der Waals surface area contributed by atoms with E-state index in [9.17, 15) is 9.90 Å². The molecule has 0 aliphatic carbocycles. The number of carboxylic acids is 1. The summed E-state index contributed by atoms with van der Waals surface area (Å²) >= 11 is 0. The van der Waals surface area contributed by atoms with E-state index >= 15 is 0 Å². The Morgan fingerprint density at radius 2 is 1.88 bits per heavy atom. The highest BCUT2D eigenvalue weighted by molar-refractivity contribution is 5.66. The molecule has 0 spiro atoms. The van der Waals surface area contributed by atoms with Crippen LogP contribution in [0.3, 0.4) is 0 Å². The minimum Gasteiger partial charge on any atom is -0.507 e. The highest BCUT2D eigenvalue weighted by Crippen LogP contribution is 2.44. The smallest absolute Gasteiger partial charge is 0.303 e. The SMILES string of the molecule is Cc1c(C)c2c(c(C)c1O)CC[C@@](C)(CCCC(C)CCC(=O)O)O2. The first-order chi connectivity index (χ1) is 11.6. The van der Waals surface area contributed by atoms with E-state index in [0.29, 0.717) is 11.7 Å². The van der Waals surface area contributed by atoms with Gasteiger partial charge in [-0.25, -0.2) is 0 Å². The Balaban J connectivity index is 2.00. The second-order valence-corrected chi connectivity index (χ2v) is 8.01. The first-order valence-corrected chi connectivity index (χ1v) is 9.37. The van der Waals surface area contributed by atoms with Crippen LogP contribution in [0.1, 0.15) is 74.6 Å². The first-order valence-electron chi connectivity index (χ1n) is 9.37. The molecular weight excluding hydrogens is 316 g/mol. The molecular formula is C21H32O4. The molecule has 1 aliphatic heterocycles. The fourth-order valence-electron chi connectivity index (χ4n) is 3.81. The van der Waals surface area contributed by atoms with Gasteiger partial charge in [0.25, 0.3) is 0 Å². The average Bonchev–Trinajstić information content (AvgIpc) is 2.56. The van der Waals surface area contributed by atoms with Gasteiger partial charge in [0, 0.05) is 12.0 Å². The minimum atomic E-state index is -0.712. The number of hydrogen-bond acceptors (Lipinski definition) is 3. The van der Waals surface area contributed by atoms with Gasteiger partial charge in [0.1, 0.15) is 17.1 Å². The average molecular weight is 348 g/mol. The van der Waals surface area contributed by atoms with Crippen LogP contribution < -0.4 is 4.74 Å². The van der Waals surface area contributed by atoms with E-state index in [1.54, 1.807) is 0 Å². The summed E-state index contributed by atoms with van der Waals surface area (Å²) in [6.45, 7) is 10.2. The third-order valence-electron chi connectivity index (χ3n) is 5.85. The molecule has 1 unspecified atom stereocenters. The lowest BCUT2D eigenvalue weighted by Gasteiger charge is -2.38. The molecule has 2 N–H and O–H groups in total. The number of rotatable bonds is 7. The van der Waals surface area contributed by atoms with Gasteiger partial charge in [-0.3, -0.25) is 4.79 Å². The number of benzene rings is 1. The van der Waals surface area contributed by atoms with Crippen molar-refractivity contribution in [3.05, 3.63) is 22.3 Å². The molecule has 1 aromatic rings. The Kier molecular flexibility index (Phi) is 6.02. The Morgan fingerprint density at radius 3 is 2.52 bits per heavy atom. The number of ether oxygens (including phenoxy) is 1. The molecule has 25 heavy (non-hydrogen) atoms. The van der Waals surface area contributed by atoms with Crippen molar-refractivity contribution >= 4 is 5.97 Å². The molecule has 4 nitrogen and oxygen atoms in total. The fourth-order valence-corrected chi connectivity index (χ4v) is 3.81.